The largest absolute Gasteiger partial charge is 0.311 e. The minimum Gasteiger partial charge on any atom is -0.311 e. The molecule has 64 heavy (non-hydrogen) atoms. The first-order chi connectivity index (χ1) is 31.7. The number of hydrogen-bond acceptors (Lipinski definition) is 5. The van der Waals surface area contributed by atoms with Gasteiger partial charge in [0.05, 0.1) is 11.0 Å². The highest BCUT2D eigenvalue weighted by molar-refractivity contribution is 6.13. The van der Waals surface area contributed by atoms with Crippen LogP contribution in [0, 0.1) is 6.92 Å². The Morgan fingerprint density at radius 1 is 0.328 bits per heavy atom. The van der Waals surface area contributed by atoms with E-state index < -0.39 is 0 Å². The summed E-state index contributed by atoms with van der Waals surface area (Å²) >= 11 is 0. The fourth-order valence-corrected chi connectivity index (χ4v) is 8.77. The summed E-state index contributed by atoms with van der Waals surface area (Å²) in [6, 6.07) is 83.4. The molecule has 0 aliphatic heterocycles. The highest BCUT2D eigenvalue weighted by atomic mass is 15.2. The first kappa shape index (κ1) is 38.3. The van der Waals surface area contributed by atoms with Crippen LogP contribution in [-0.4, -0.2) is 19.5 Å². The summed E-state index contributed by atoms with van der Waals surface area (Å²) in [5.41, 5.74) is 14.1. The van der Waals surface area contributed by atoms with Crippen LogP contribution in [0.1, 0.15) is 5.82 Å². The molecule has 6 heteroatoms. The lowest BCUT2D eigenvalue weighted by Gasteiger charge is -2.28. The fraction of sp³-hybridized carbons (Fsp3) is 0.0172. The van der Waals surface area contributed by atoms with Crippen molar-refractivity contribution in [1.82, 2.24) is 19.5 Å². The van der Waals surface area contributed by atoms with Crippen LogP contribution >= 0.6 is 0 Å². The van der Waals surface area contributed by atoms with Crippen LogP contribution in [0.4, 0.5) is 34.1 Å². The van der Waals surface area contributed by atoms with Gasteiger partial charge in [0.2, 0.25) is 0 Å². The van der Waals surface area contributed by atoms with Crippen LogP contribution in [0.25, 0.3) is 61.4 Å². The van der Waals surface area contributed by atoms with Gasteiger partial charge in [-0.3, -0.25) is 0 Å². The number of aryl methyl sites for hydroxylation is 1. The van der Waals surface area contributed by atoms with Crippen molar-refractivity contribution >= 4 is 55.9 Å². The SMILES string of the molecule is Cc1nc(-c2ccccc2)nc(-c2ccc(-n3c4ccccc4c4cccc(-c5ccc(N(c6ccccc6)c6ccc(N(c7ccccc7)c7ccccc7)cc6)cc5)c43)cc2)n1. The second-order valence-corrected chi connectivity index (χ2v) is 15.7. The van der Waals surface area contributed by atoms with Crippen molar-refractivity contribution in [2.24, 2.45) is 0 Å². The van der Waals surface area contributed by atoms with Crippen molar-refractivity contribution in [2.45, 2.75) is 6.92 Å². The van der Waals surface area contributed by atoms with Gasteiger partial charge < -0.3 is 14.4 Å². The summed E-state index contributed by atoms with van der Waals surface area (Å²) in [6.45, 7) is 1.92. The third-order valence-electron chi connectivity index (χ3n) is 11.7. The van der Waals surface area contributed by atoms with Crippen LogP contribution in [-0.2, 0) is 0 Å². The van der Waals surface area contributed by atoms with E-state index in [-0.39, 0.29) is 0 Å². The van der Waals surface area contributed by atoms with Crippen molar-refractivity contribution in [3.05, 3.63) is 242 Å². The van der Waals surface area contributed by atoms with Crippen LogP contribution in [0.15, 0.2) is 237 Å². The molecule has 0 atom stereocenters. The zero-order chi connectivity index (χ0) is 42.8. The second kappa shape index (κ2) is 16.7. The van der Waals surface area contributed by atoms with Gasteiger partial charge in [-0.25, -0.2) is 15.0 Å². The number of fused-ring (bicyclic) bond motifs is 3. The van der Waals surface area contributed by atoms with E-state index in [0.29, 0.717) is 17.5 Å². The summed E-state index contributed by atoms with van der Waals surface area (Å²) in [4.78, 5) is 18.9. The molecule has 11 rings (SSSR count). The zero-order valence-corrected chi connectivity index (χ0v) is 35.2. The minimum atomic E-state index is 0.655. The summed E-state index contributed by atoms with van der Waals surface area (Å²) in [6.07, 6.45) is 0. The van der Waals surface area contributed by atoms with E-state index in [1.54, 1.807) is 0 Å². The standard InChI is InChI=1S/C58H42N6/c1-41-59-57(43-17-6-2-7-18-43)61-58(60-41)44-31-35-51(36-32-44)64-55-28-15-14-25-53(55)54-27-16-26-52(56(54)64)42-29-33-48(34-30-42)63(47-23-12-5-13-24-47)50-39-37-49(38-40-50)62(45-19-8-3-9-20-45)46-21-10-4-11-22-46/h2-40H,1H3. The molecule has 0 bridgehead atoms. The van der Waals surface area contributed by atoms with E-state index in [4.69, 9.17) is 9.97 Å². The Kier molecular flexibility index (Phi) is 9.99. The number of anilines is 6. The molecule has 2 heterocycles. The molecule has 0 aliphatic rings. The lowest BCUT2D eigenvalue weighted by atomic mass is 10.0. The maximum Gasteiger partial charge on any atom is 0.163 e. The summed E-state index contributed by atoms with van der Waals surface area (Å²) in [5, 5.41) is 2.41. The van der Waals surface area contributed by atoms with E-state index in [1.807, 2.05) is 37.3 Å². The van der Waals surface area contributed by atoms with Crippen molar-refractivity contribution in [1.29, 1.82) is 0 Å². The molecule has 304 valence electrons. The van der Waals surface area contributed by atoms with Gasteiger partial charge in [-0.05, 0) is 116 Å². The number of aromatic nitrogens is 4. The van der Waals surface area contributed by atoms with Gasteiger partial charge in [-0.15, -0.1) is 0 Å². The quantitative estimate of drug-likeness (QED) is 0.138. The van der Waals surface area contributed by atoms with E-state index in [9.17, 15) is 0 Å². The Hall–Kier alpha value is -8.61. The number of benzene rings is 9. The smallest absolute Gasteiger partial charge is 0.163 e. The molecular formula is C58H42N6. The molecule has 11 aromatic rings. The number of nitrogens with zero attached hydrogens (tertiary/aromatic N) is 6. The van der Waals surface area contributed by atoms with Crippen molar-refractivity contribution in [2.75, 3.05) is 9.80 Å². The molecule has 0 N–H and O–H groups in total. The van der Waals surface area contributed by atoms with Crippen LogP contribution in [0.3, 0.4) is 0 Å². The second-order valence-electron chi connectivity index (χ2n) is 15.7. The molecule has 0 aliphatic carbocycles. The van der Waals surface area contributed by atoms with Gasteiger partial charge in [-0.2, -0.15) is 0 Å². The lowest BCUT2D eigenvalue weighted by molar-refractivity contribution is 0.991. The average Bonchev–Trinajstić information content (AvgIpc) is 3.71. The van der Waals surface area contributed by atoms with Gasteiger partial charge >= 0.3 is 0 Å². The Bertz CT molecular complexity index is 3310. The van der Waals surface area contributed by atoms with Gasteiger partial charge in [0.25, 0.3) is 0 Å². The maximum atomic E-state index is 4.88. The molecule has 6 nitrogen and oxygen atoms in total. The summed E-state index contributed by atoms with van der Waals surface area (Å²) in [5.74, 6) is 2.01. The Morgan fingerprint density at radius 3 is 1.27 bits per heavy atom. The van der Waals surface area contributed by atoms with Gasteiger partial charge in [0, 0.05) is 67.3 Å². The van der Waals surface area contributed by atoms with E-state index in [2.05, 4.69) is 226 Å². The fourth-order valence-electron chi connectivity index (χ4n) is 8.77. The van der Waals surface area contributed by atoms with E-state index in [1.165, 1.54) is 10.8 Å². The summed E-state index contributed by atoms with van der Waals surface area (Å²) < 4.78 is 2.39. The maximum absolute atomic E-state index is 4.88. The molecule has 2 aromatic heterocycles. The number of hydrogen-bond donors (Lipinski definition) is 0. The predicted octanol–water partition coefficient (Wildman–Crippen LogP) is 15.2. The first-order valence-corrected chi connectivity index (χ1v) is 21.5. The molecular weight excluding hydrogens is 781 g/mol. The molecule has 0 spiro atoms. The Balaban J connectivity index is 0.967. The van der Waals surface area contributed by atoms with Crippen LogP contribution < -0.4 is 9.80 Å². The molecule has 0 radical (unpaired) electrons. The summed E-state index contributed by atoms with van der Waals surface area (Å²) in [7, 11) is 0. The lowest BCUT2D eigenvalue weighted by Crippen LogP contribution is -2.12. The van der Waals surface area contributed by atoms with Gasteiger partial charge in [0.1, 0.15) is 5.82 Å². The third kappa shape index (κ3) is 7.23. The average molecular weight is 823 g/mol. The Morgan fingerprint density at radius 2 is 0.734 bits per heavy atom. The normalized spacial score (nSPS) is 11.2. The van der Waals surface area contributed by atoms with Gasteiger partial charge in [-0.1, -0.05) is 133 Å². The molecule has 0 amide bonds. The van der Waals surface area contributed by atoms with Crippen molar-refractivity contribution < 1.29 is 0 Å². The van der Waals surface area contributed by atoms with Gasteiger partial charge in [0.15, 0.2) is 11.6 Å². The minimum absolute atomic E-state index is 0.655. The van der Waals surface area contributed by atoms with Crippen molar-refractivity contribution in [3.8, 4) is 39.6 Å². The van der Waals surface area contributed by atoms with Crippen molar-refractivity contribution in [3.63, 3.8) is 0 Å². The predicted molar refractivity (Wildman–Crippen MR) is 265 cm³/mol. The van der Waals surface area contributed by atoms with E-state index >= 15 is 0 Å². The monoisotopic (exact) mass is 822 g/mol. The first-order valence-electron chi connectivity index (χ1n) is 21.5. The highest BCUT2D eigenvalue weighted by Gasteiger charge is 2.19. The molecule has 0 saturated heterocycles. The van der Waals surface area contributed by atoms with Crippen LogP contribution in [0.2, 0.25) is 0 Å². The number of rotatable bonds is 10. The highest BCUT2D eigenvalue weighted by Crippen LogP contribution is 2.42. The number of para-hydroxylation sites is 5. The molecule has 0 unspecified atom stereocenters. The molecule has 0 saturated carbocycles. The topological polar surface area (TPSA) is 50.1 Å². The van der Waals surface area contributed by atoms with E-state index in [0.717, 1.165) is 73.1 Å². The Labute approximate surface area is 372 Å². The zero-order valence-electron chi connectivity index (χ0n) is 35.2. The molecule has 0 fully saturated rings. The van der Waals surface area contributed by atoms with Crippen LogP contribution in [0.5, 0.6) is 0 Å². The third-order valence-corrected chi connectivity index (χ3v) is 11.7. The molecule has 9 aromatic carbocycles.